The van der Waals surface area contributed by atoms with Crippen molar-refractivity contribution >= 4 is 11.4 Å². The van der Waals surface area contributed by atoms with E-state index in [1.54, 1.807) is 7.11 Å². The molecule has 0 unspecified atom stereocenters. The van der Waals surface area contributed by atoms with Crippen molar-refractivity contribution in [2.75, 3.05) is 20.3 Å². The fourth-order valence-electron chi connectivity index (χ4n) is 1.46. The Balaban J connectivity index is 1.93. The average molecular weight is 256 g/mol. The summed E-state index contributed by atoms with van der Waals surface area (Å²) in [6.07, 6.45) is 0. The summed E-state index contributed by atoms with van der Waals surface area (Å²) in [5.41, 5.74) is 1.63. The summed E-state index contributed by atoms with van der Waals surface area (Å²) in [6, 6.07) is 17.1. The van der Waals surface area contributed by atoms with Crippen molar-refractivity contribution in [3.8, 4) is 5.75 Å². The van der Waals surface area contributed by atoms with Gasteiger partial charge in [-0.3, -0.25) is 0 Å². The fourth-order valence-corrected chi connectivity index (χ4v) is 1.46. The smallest absolute Gasteiger partial charge is 0.119 e. The first-order chi connectivity index (χ1) is 9.38. The maximum atomic E-state index is 5.47. The van der Waals surface area contributed by atoms with Crippen LogP contribution in [0.5, 0.6) is 5.75 Å². The van der Waals surface area contributed by atoms with E-state index in [1.165, 1.54) is 0 Å². The molecule has 0 amide bonds. The lowest BCUT2D eigenvalue weighted by molar-refractivity contribution is 0.146. The number of rotatable bonds is 6. The van der Waals surface area contributed by atoms with Crippen LogP contribution in [0.2, 0.25) is 0 Å². The molecule has 98 valence electrons. The van der Waals surface area contributed by atoms with Gasteiger partial charge in [-0.2, -0.15) is 10.2 Å². The summed E-state index contributed by atoms with van der Waals surface area (Å²) in [5.74, 6) is 0.802. The van der Waals surface area contributed by atoms with Crippen molar-refractivity contribution in [3.05, 3.63) is 54.6 Å². The largest absolute Gasteiger partial charge is 0.491 e. The standard InChI is InChI=1S/C15H16N2O2/c1-18-11-12-19-15-9-7-14(8-10-15)17-16-13-5-3-2-4-6-13/h2-10H,11-12H2,1H3. The molecule has 0 fully saturated rings. The van der Waals surface area contributed by atoms with Crippen LogP contribution in [0, 0.1) is 0 Å². The van der Waals surface area contributed by atoms with Crippen LogP contribution >= 0.6 is 0 Å². The van der Waals surface area contributed by atoms with E-state index in [0.29, 0.717) is 13.2 Å². The Hall–Kier alpha value is -2.20. The van der Waals surface area contributed by atoms with Crippen molar-refractivity contribution in [1.29, 1.82) is 0 Å². The molecule has 0 radical (unpaired) electrons. The van der Waals surface area contributed by atoms with Crippen LogP contribution in [-0.4, -0.2) is 20.3 Å². The molecular formula is C15H16N2O2. The van der Waals surface area contributed by atoms with E-state index >= 15 is 0 Å². The van der Waals surface area contributed by atoms with Gasteiger partial charge in [0.1, 0.15) is 12.4 Å². The minimum atomic E-state index is 0.543. The molecule has 19 heavy (non-hydrogen) atoms. The van der Waals surface area contributed by atoms with Crippen LogP contribution in [0.15, 0.2) is 64.8 Å². The molecule has 0 aliphatic carbocycles. The predicted octanol–water partition coefficient (Wildman–Crippen LogP) is 4.13. The van der Waals surface area contributed by atoms with Crippen LogP contribution < -0.4 is 4.74 Å². The van der Waals surface area contributed by atoms with Gasteiger partial charge in [-0.1, -0.05) is 18.2 Å². The van der Waals surface area contributed by atoms with Gasteiger partial charge in [-0.15, -0.1) is 0 Å². The maximum Gasteiger partial charge on any atom is 0.119 e. The molecule has 0 saturated heterocycles. The molecule has 2 rings (SSSR count). The third-order valence-electron chi connectivity index (χ3n) is 2.43. The highest BCUT2D eigenvalue weighted by atomic mass is 16.5. The predicted molar refractivity (Wildman–Crippen MR) is 74.4 cm³/mol. The van der Waals surface area contributed by atoms with Gasteiger partial charge in [-0.25, -0.2) is 0 Å². The lowest BCUT2D eigenvalue weighted by Crippen LogP contribution is -2.03. The van der Waals surface area contributed by atoms with Crippen LogP contribution in [0.4, 0.5) is 11.4 Å². The molecule has 2 aromatic rings. The van der Waals surface area contributed by atoms with Crippen molar-refractivity contribution in [2.45, 2.75) is 0 Å². The van der Waals surface area contributed by atoms with Gasteiger partial charge in [-0.05, 0) is 36.4 Å². The number of benzene rings is 2. The minimum Gasteiger partial charge on any atom is -0.491 e. The van der Waals surface area contributed by atoms with E-state index in [2.05, 4.69) is 10.2 Å². The third kappa shape index (κ3) is 4.52. The molecule has 0 saturated carbocycles. The maximum absolute atomic E-state index is 5.47. The zero-order valence-corrected chi connectivity index (χ0v) is 10.8. The van der Waals surface area contributed by atoms with Gasteiger partial charge in [0.05, 0.1) is 18.0 Å². The van der Waals surface area contributed by atoms with E-state index < -0.39 is 0 Å². The third-order valence-corrected chi connectivity index (χ3v) is 2.43. The van der Waals surface area contributed by atoms with Crippen molar-refractivity contribution in [3.63, 3.8) is 0 Å². The zero-order chi connectivity index (χ0) is 13.3. The first kappa shape index (κ1) is 13.2. The quantitative estimate of drug-likeness (QED) is 0.576. The topological polar surface area (TPSA) is 43.2 Å². The molecule has 0 bridgehead atoms. The van der Waals surface area contributed by atoms with E-state index in [4.69, 9.17) is 9.47 Å². The van der Waals surface area contributed by atoms with Gasteiger partial charge in [0.2, 0.25) is 0 Å². The first-order valence-electron chi connectivity index (χ1n) is 6.07. The lowest BCUT2D eigenvalue weighted by Gasteiger charge is -2.04. The molecule has 0 aliphatic heterocycles. The average Bonchev–Trinajstić information content (AvgIpc) is 2.48. The van der Waals surface area contributed by atoms with E-state index in [1.807, 2.05) is 54.6 Å². The second-order valence-corrected chi connectivity index (χ2v) is 3.87. The zero-order valence-electron chi connectivity index (χ0n) is 10.8. The number of ether oxygens (including phenoxy) is 2. The Morgan fingerprint density at radius 2 is 1.42 bits per heavy atom. The number of hydrogen-bond acceptors (Lipinski definition) is 4. The molecule has 0 spiro atoms. The molecule has 0 aliphatic rings. The van der Waals surface area contributed by atoms with E-state index in [9.17, 15) is 0 Å². The highest BCUT2D eigenvalue weighted by Gasteiger charge is 1.94. The van der Waals surface area contributed by atoms with Crippen LogP contribution in [0.1, 0.15) is 0 Å². The molecule has 0 atom stereocenters. The van der Waals surface area contributed by atoms with Crippen LogP contribution in [0.3, 0.4) is 0 Å². The second kappa shape index (κ2) is 7.28. The van der Waals surface area contributed by atoms with Crippen LogP contribution in [-0.2, 0) is 4.74 Å². The lowest BCUT2D eigenvalue weighted by atomic mass is 10.3. The van der Waals surface area contributed by atoms with Gasteiger partial charge < -0.3 is 9.47 Å². The van der Waals surface area contributed by atoms with Gasteiger partial charge in [0.25, 0.3) is 0 Å². The van der Waals surface area contributed by atoms with Gasteiger partial charge in [0, 0.05) is 7.11 Å². The van der Waals surface area contributed by atoms with E-state index in [0.717, 1.165) is 17.1 Å². The summed E-state index contributed by atoms with van der Waals surface area (Å²) >= 11 is 0. The summed E-state index contributed by atoms with van der Waals surface area (Å²) in [7, 11) is 1.65. The SMILES string of the molecule is COCCOc1ccc(N=Nc2ccccc2)cc1. The van der Waals surface area contributed by atoms with Crippen LogP contribution in [0.25, 0.3) is 0 Å². The van der Waals surface area contributed by atoms with Crippen molar-refractivity contribution in [2.24, 2.45) is 10.2 Å². The summed E-state index contributed by atoms with van der Waals surface area (Å²) in [6.45, 7) is 1.12. The Bertz CT molecular complexity index is 509. The fraction of sp³-hybridized carbons (Fsp3) is 0.200. The number of azo groups is 1. The highest BCUT2D eigenvalue weighted by Crippen LogP contribution is 2.20. The molecular weight excluding hydrogens is 240 g/mol. The van der Waals surface area contributed by atoms with Crippen molar-refractivity contribution < 1.29 is 9.47 Å². The summed E-state index contributed by atoms with van der Waals surface area (Å²) in [5, 5.41) is 8.30. The number of methoxy groups -OCH3 is 1. The molecule has 2 aromatic carbocycles. The summed E-state index contributed by atoms with van der Waals surface area (Å²) in [4.78, 5) is 0. The second-order valence-electron chi connectivity index (χ2n) is 3.87. The summed E-state index contributed by atoms with van der Waals surface area (Å²) < 4.78 is 10.4. The normalized spacial score (nSPS) is 10.8. The van der Waals surface area contributed by atoms with Gasteiger partial charge >= 0.3 is 0 Å². The van der Waals surface area contributed by atoms with Gasteiger partial charge in [0.15, 0.2) is 0 Å². The highest BCUT2D eigenvalue weighted by molar-refractivity contribution is 5.42. The monoisotopic (exact) mass is 256 g/mol. The molecule has 0 aromatic heterocycles. The number of hydrogen-bond donors (Lipinski definition) is 0. The Morgan fingerprint density at radius 1 is 0.789 bits per heavy atom. The van der Waals surface area contributed by atoms with E-state index in [-0.39, 0.29) is 0 Å². The molecule has 0 N–H and O–H groups in total. The molecule has 4 nitrogen and oxygen atoms in total. The Morgan fingerprint density at radius 3 is 2.05 bits per heavy atom. The minimum absolute atomic E-state index is 0.543. The molecule has 0 heterocycles. The van der Waals surface area contributed by atoms with Crippen molar-refractivity contribution in [1.82, 2.24) is 0 Å². The first-order valence-corrected chi connectivity index (χ1v) is 6.07. The molecule has 4 heteroatoms. The Kier molecular flexibility index (Phi) is 5.07. The number of nitrogens with zero attached hydrogens (tertiary/aromatic N) is 2. The Labute approximate surface area is 112 Å².